The zero-order valence-electron chi connectivity index (χ0n) is 10.1. The van der Waals surface area contributed by atoms with Crippen LogP contribution in [0.15, 0.2) is 45.6 Å². The van der Waals surface area contributed by atoms with Crippen molar-refractivity contribution in [3.05, 3.63) is 56.0 Å². The Morgan fingerprint density at radius 3 is 2.79 bits per heavy atom. The Balaban J connectivity index is 1.93. The summed E-state index contributed by atoms with van der Waals surface area (Å²) in [6, 6.07) is 12.8. The number of nitrogens with two attached hydrogens (primary N) is 1. The van der Waals surface area contributed by atoms with E-state index in [0.29, 0.717) is 0 Å². The summed E-state index contributed by atoms with van der Waals surface area (Å²) < 4.78 is 2.47. The largest absolute Gasteiger partial charge is 0.271 e. The summed E-state index contributed by atoms with van der Waals surface area (Å²) >= 11 is 7.03. The van der Waals surface area contributed by atoms with Gasteiger partial charge in [-0.2, -0.15) is 0 Å². The van der Waals surface area contributed by atoms with Crippen LogP contribution in [-0.2, 0) is 6.42 Å². The molecule has 2 heterocycles. The molecule has 0 bridgehead atoms. The molecule has 5 heteroatoms. The number of fused-ring (bicyclic) bond motifs is 1. The fraction of sp³-hybridized carbons (Fsp3) is 0.143. The van der Waals surface area contributed by atoms with Crippen LogP contribution >= 0.6 is 38.6 Å². The normalized spacial score (nSPS) is 12.9. The predicted molar refractivity (Wildman–Crippen MR) is 87.6 cm³/mol. The molecule has 1 aromatic carbocycles. The van der Waals surface area contributed by atoms with Gasteiger partial charge in [-0.05, 0) is 50.5 Å². The van der Waals surface area contributed by atoms with Crippen LogP contribution < -0.4 is 11.3 Å². The number of hydrazine groups is 1. The maximum atomic E-state index is 5.76. The summed E-state index contributed by atoms with van der Waals surface area (Å²) in [4.78, 5) is 1.32. The van der Waals surface area contributed by atoms with Gasteiger partial charge in [0.2, 0.25) is 0 Å². The van der Waals surface area contributed by atoms with Crippen molar-refractivity contribution < 1.29 is 0 Å². The minimum absolute atomic E-state index is 0.154. The Kier molecular flexibility index (Phi) is 4.00. The number of benzene rings is 1. The molecule has 1 atom stereocenters. The Morgan fingerprint density at radius 2 is 2.05 bits per heavy atom. The van der Waals surface area contributed by atoms with E-state index in [1.807, 2.05) is 0 Å². The molecular formula is C14H13BrN2S2. The maximum absolute atomic E-state index is 5.76. The fourth-order valence-electron chi connectivity index (χ4n) is 2.19. The smallest absolute Gasteiger partial charge is 0.0701 e. The van der Waals surface area contributed by atoms with Gasteiger partial charge in [-0.3, -0.25) is 11.3 Å². The Morgan fingerprint density at radius 1 is 1.21 bits per heavy atom. The van der Waals surface area contributed by atoms with Crippen LogP contribution in [0.25, 0.3) is 10.1 Å². The first kappa shape index (κ1) is 13.3. The predicted octanol–water partition coefficient (Wildman–Crippen LogP) is 4.47. The first-order chi connectivity index (χ1) is 9.28. The molecule has 0 spiro atoms. The van der Waals surface area contributed by atoms with Gasteiger partial charge < -0.3 is 0 Å². The van der Waals surface area contributed by atoms with E-state index in [1.54, 1.807) is 22.7 Å². The molecule has 98 valence electrons. The van der Waals surface area contributed by atoms with Gasteiger partial charge in [0, 0.05) is 16.0 Å². The van der Waals surface area contributed by atoms with E-state index in [9.17, 15) is 0 Å². The van der Waals surface area contributed by atoms with Gasteiger partial charge in [0.25, 0.3) is 0 Å². The van der Waals surface area contributed by atoms with Crippen LogP contribution in [0.4, 0.5) is 0 Å². The molecule has 1 unspecified atom stereocenters. The lowest BCUT2D eigenvalue weighted by Gasteiger charge is -2.14. The average molecular weight is 353 g/mol. The molecule has 0 fully saturated rings. The van der Waals surface area contributed by atoms with Crippen LogP contribution in [0, 0.1) is 0 Å². The molecule has 19 heavy (non-hydrogen) atoms. The molecule has 0 radical (unpaired) electrons. The molecule has 0 saturated heterocycles. The molecule has 0 saturated carbocycles. The van der Waals surface area contributed by atoms with Crippen LogP contribution in [0.5, 0.6) is 0 Å². The summed E-state index contributed by atoms with van der Waals surface area (Å²) in [5.74, 6) is 5.76. The maximum Gasteiger partial charge on any atom is 0.0701 e. The third-order valence-electron chi connectivity index (χ3n) is 3.12. The summed E-state index contributed by atoms with van der Waals surface area (Å²) in [6.45, 7) is 0. The van der Waals surface area contributed by atoms with Crippen molar-refractivity contribution in [2.24, 2.45) is 5.84 Å². The molecule has 2 nitrogen and oxygen atoms in total. The minimum atomic E-state index is 0.154. The number of hydrogen-bond donors (Lipinski definition) is 2. The Hall–Kier alpha value is -0.720. The van der Waals surface area contributed by atoms with Crippen molar-refractivity contribution in [2.75, 3.05) is 0 Å². The van der Waals surface area contributed by atoms with Crippen LogP contribution in [-0.4, -0.2) is 0 Å². The first-order valence-electron chi connectivity index (χ1n) is 5.94. The average Bonchev–Trinajstić information content (AvgIpc) is 3.02. The van der Waals surface area contributed by atoms with Crippen molar-refractivity contribution >= 4 is 48.7 Å². The molecule has 0 aliphatic rings. The van der Waals surface area contributed by atoms with Crippen molar-refractivity contribution in [1.29, 1.82) is 0 Å². The molecule has 2 aromatic heterocycles. The molecule has 3 rings (SSSR count). The van der Waals surface area contributed by atoms with Gasteiger partial charge in [-0.1, -0.05) is 18.2 Å². The van der Waals surface area contributed by atoms with Crippen LogP contribution in [0.2, 0.25) is 0 Å². The number of rotatable bonds is 4. The van der Waals surface area contributed by atoms with E-state index in [1.165, 1.54) is 20.5 Å². The highest BCUT2D eigenvalue weighted by atomic mass is 79.9. The number of halogens is 1. The molecule has 0 aliphatic carbocycles. The van der Waals surface area contributed by atoms with Gasteiger partial charge in [0.15, 0.2) is 0 Å². The number of hydrogen-bond acceptors (Lipinski definition) is 4. The van der Waals surface area contributed by atoms with E-state index >= 15 is 0 Å². The molecule has 3 aromatic rings. The SMILES string of the molecule is NNC(Cc1ccc(Br)s1)c1csc2ccccc12. The van der Waals surface area contributed by atoms with Crippen LogP contribution in [0.1, 0.15) is 16.5 Å². The zero-order valence-corrected chi connectivity index (χ0v) is 13.3. The summed E-state index contributed by atoms with van der Waals surface area (Å²) in [5, 5.41) is 3.50. The monoisotopic (exact) mass is 352 g/mol. The lowest BCUT2D eigenvalue weighted by Crippen LogP contribution is -2.29. The minimum Gasteiger partial charge on any atom is -0.271 e. The number of nitrogens with one attached hydrogen (secondary N) is 1. The standard InChI is InChI=1S/C14H13BrN2S2/c15-14-6-5-9(19-14)7-12(17-16)11-8-18-13-4-2-1-3-10(11)13/h1-6,8,12,17H,7,16H2. The molecule has 3 N–H and O–H groups in total. The lowest BCUT2D eigenvalue weighted by atomic mass is 10.0. The van der Waals surface area contributed by atoms with E-state index < -0.39 is 0 Å². The topological polar surface area (TPSA) is 38.0 Å². The Labute approximate surface area is 128 Å². The third-order valence-corrected chi connectivity index (χ3v) is 5.75. The second kappa shape index (κ2) is 5.73. The molecule has 0 aliphatic heterocycles. The van der Waals surface area contributed by atoms with Crippen LogP contribution in [0.3, 0.4) is 0 Å². The first-order valence-corrected chi connectivity index (χ1v) is 8.43. The van der Waals surface area contributed by atoms with Gasteiger partial charge in [-0.25, -0.2) is 0 Å². The van der Waals surface area contributed by atoms with Gasteiger partial charge in [-0.15, -0.1) is 22.7 Å². The van der Waals surface area contributed by atoms with Gasteiger partial charge in [0.1, 0.15) is 0 Å². The fourth-order valence-corrected chi connectivity index (χ4v) is 4.73. The van der Waals surface area contributed by atoms with E-state index in [0.717, 1.165) is 10.2 Å². The zero-order chi connectivity index (χ0) is 13.2. The second-order valence-electron chi connectivity index (χ2n) is 4.32. The molecular weight excluding hydrogens is 340 g/mol. The van der Waals surface area contributed by atoms with E-state index in [2.05, 4.69) is 63.1 Å². The van der Waals surface area contributed by atoms with Gasteiger partial charge in [0.05, 0.1) is 9.83 Å². The highest BCUT2D eigenvalue weighted by Crippen LogP contribution is 2.33. The summed E-state index contributed by atoms with van der Waals surface area (Å²) in [7, 11) is 0. The van der Waals surface area contributed by atoms with E-state index in [-0.39, 0.29) is 6.04 Å². The van der Waals surface area contributed by atoms with Crippen molar-refractivity contribution in [3.8, 4) is 0 Å². The Bertz CT molecular complexity index is 689. The van der Waals surface area contributed by atoms with Crippen molar-refractivity contribution in [2.45, 2.75) is 12.5 Å². The lowest BCUT2D eigenvalue weighted by molar-refractivity contribution is 0.560. The van der Waals surface area contributed by atoms with Gasteiger partial charge >= 0.3 is 0 Å². The summed E-state index contributed by atoms with van der Waals surface area (Å²) in [6.07, 6.45) is 0.910. The van der Waals surface area contributed by atoms with Crippen molar-refractivity contribution in [3.63, 3.8) is 0 Å². The third kappa shape index (κ3) is 2.75. The van der Waals surface area contributed by atoms with Crippen molar-refractivity contribution in [1.82, 2.24) is 5.43 Å². The second-order valence-corrected chi connectivity index (χ2v) is 7.78. The highest BCUT2D eigenvalue weighted by Gasteiger charge is 2.15. The van der Waals surface area contributed by atoms with E-state index in [4.69, 9.17) is 5.84 Å². The highest BCUT2D eigenvalue weighted by molar-refractivity contribution is 9.11. The quantitative estimate of drug-likeness (QED) is 0.536. The summed E-state index contributed by atoms with van der Waals surface area (Å²) in [5.41, 5.74) is 4.24. The molecule has 0 amide bonds. The number of thiophene rings is 2.